The monoisotopic (exact) mass is 442 g/mol. The van der Waals surface area contributed by atoms with Gasteiger partial charge in [-0.2, -0.15) is 0 Å². The second-order valence-electron chi connectivity index (χ2n) is 10.1. The van der Waals surface area contributed by atoms with Crippen molar-refractivity contribution in [3.8, 4) is 0 Å². The molecule has 0 aliphatic heterocycles. The molecular weight excluding hydrogens is 408 g/mol. The summed E-state index contributed by atoms with van der Waals surface area (Å²) in [5, 5.41) is 2.61. The van der Waals surface area contributed by atoms with Crippen LogP contribution in [-0.4, -0.2) is 17.9 Å². The van der Waals surface area contributed by atoms with Crippen LogP contribution in [0.3, 0.4) is 0 Å². The summed E-state index contributed by atoms with van der Waals surface area (Å²) in [7, 11) is -2.00. The zero-order valence-corrected chi connectivity index (χ0v) is 20.9. The van der Waals surface area contributed by atoms with Crippen molar-refractivity contribution in [1.29, 1.82) is 0 Å². The van der Waals surface area contributed by atoms with Gasteiger partial charge in [0.25, 0.3) is 0 Å². The van der Waals surface area contributed by atoms with Crippen LogP contribution in [0.4, 0.5) is 0 Å². The number of nitrogens with zero attached hydrogens (tertiary/aromatic N) is 2. The van der Waals surface area contributed by atoms with E-state index < -0.39 is 8.32 Å². The van der Waals surface area contributed by atoms with E-state index in [-0.39, 0.29) is 11.1 Å². The Balaban J connectivity index is 1.94. The molecule has 4 aromatic rings. The number of hydrogen-bond donors (Lipinski definition) is 0. The van der Waals surface area contributed by atoms with Crippen LogP contribution in [0.15, 0.2) is 79.5 Å². The minimum atomic E-state index is -2.00. The highest BCUT2D eigenvalue weighted by atomic mass is 28.4. The van der Waals surface area contributed by atoms with Crippen molar-refractivity contribution in [2.45, 2.75) is 58.0 Å². The highest BCUT2D eigenvalue weighted by molar-refractivity contribution is 6.74. The molecule has 3 nitrogen and oxygen atoms in total. The van der Waals surface area contributed by atoms with Crippen LogP contribution in [-0.2, 0) is 11.0 Å². The molecule has 0 saturated heterocycles. The average Bonchev–Trinajstić information content (AvgIpc) is 3.07. The number of rotatable bonds is 7. The molecule has 0 amide bonds. The Morgan fingerprint density at radius 2 is 1.69 bits per heavy atom. The fraction of sp³-hybridized carbons (Fsp3) is 0.321. The van der Waals surface area contributed by atoms with Gasteiger partial charge >= 0.3 is 0 Å². The first-order chi connectivity index (χ1) is 15.2. The maximum atomic E-state index is 6.93. The zero-order chi connectivity index (χ0) is 22.9. The molecule has 0 spiro atoms. The lowest BCUT2D eigenvalue weighted by molar-refractivity contribution is 0.183. The second kappa shape index (κ2) is 8.68. The summed E-state index contributed by atoms with van der Waals surface area (Å²) in [4.78, 5) is 4.92. The molecule has 4 heteroatoms. The van der Waals surface area contributed by atoms with Gasteiger partial charge in [0.1, 0.15) is 0 Å². The minimum Gasteiger partial charge on any atom is -0.408 e. The molecule has 2 aromatic carbocycles. The van der Waals surface area contributed by atoms with Gasteiger partial charge in [0.2, 0.25) is 0 Å². The second-order valence-corrected chi connectivity index (χ2v) is 14.8. The molecule has 0 radical (unpaired) electrons. The summed E-state index contributed by atoms with van der Waals surface area (Å²) in [6.07, 6.45) is 4.52. The molecule has 0 N–H and O–H groups in total. The van der Waals surface area contributed by atoms with Gasteiger partial charge in [-0.15, -0.1) is 6.58 Å². The maximum absolute atomic E-state index is 6.93. The lowest BCUT2D eigenvalue weighted by Gasteiger charge is -2.39. The minimum absolute atomic E-state index is 0.115. The molecular formula is C28H34N2OSi. The topological polar surface area (TPSA) is 27.1 Å². The fourth-order valence-corrected chi connectivity index (χ4v) is 5.37. The van der Waals surface area contributed by atoms with Crippen LogP contribution < -0.4 is 0 Å². The Kier molecular flexibility index (Phi) is 6.10. The Morgan fingerprint density at radius 1 is 1.00 bits per heavy atom. The van der Waals surface area contributed by atoms with E-state index in [2.05, 4.69) is 106 Å². The van der Waals surface area contributed by atoms with E-state index in [1.54, 1.807) is 0 Å². The third-order valence-electron chi connectivity index (χ3n) is 6.82. The number of fused-ring (bicyclic) bond motifs is 3. The van der Waals surface area contributed by atoms with Crippen LogP contribution >= 0.6 is 0 Å². The summed E-state index contributed by atoms with van der Waals surface area (Å²) in [5.41, 5.74) is 4.68. The standard InChI is InChI=1S/C28H34N2OSi/c1-7-13-25(31-32(5,6)28(2,3)4)26-27-23(18-19-29-26)22-16-11-12-17-24(22)30(27)20-21-14-9-8-10-15-21/h7-12,14-19,25H,1,13,20H2,2-6H3. The van der Waals surface area contributed by atoms with Gasteiger partial charge in [0.15, 0.2) is 8.32 Å². The van der Waals surface area contributed by atoms with Crippen LogP contribution in [0, 0.1) is 0 Å². The Bertz CT molecular complexity index is 1240. The highest BCUT2D eigenvalue weighted by Gasteiger charge is 2.40. The predicted octanol–water partition coefficient (Wildman–Crippen LogP) is 7.88. The van der Waals surface area contributed by atoms with Gasteiger partial charge in [0.05, 0.1) is 17.3 Å². The van der Waals surface area contributed by atoms with Crippen molar-refractivity contribution < 1.29 is 4.43 Å². The van der Waals surface area contributed by atoms with E-state index in [1.165, 1.54) is 27.4 Å². The molecule has 0 fully saturated rings. The van der Waals surface area contributed by atoms with E-state index >= 15 is 0 Å². The summed E-state index contributed by atoms with van der Waals surface area (Å²) in [5.74, 6) is 0. The number of hydrogen-bond acceptors (Lipinski definition) is 2. The molecule has 1 atom stereocenters. The number of benzene rings is 2. The SMILES string of the molecule is C=CCC(O[Si](C)(C)C(C)(C)C)c1nccc2c3ccccc3n(Cc3ccccc3)c12. The summed E-state index contributed by atoms with van der Waals surface area (Å²) in [6.45, 7) is 16.3. The van der Waals surface area contributed by atoms with E-state index in [9.17, 15) is 0 Å². The molecule has 166 valence electrons. The highest BCUT2D eigenvalue weighted by Crippen LogP contribution is 2.42. The maximum Gasteiger partial charge on any atom is 0.193 e. The lowest BCUT2D eigenvalue weighted by atomic mass is 10.1. The molecule has 2 aromatic heterocycles. The summed E-state index contributed by atoms with van der Waals surface area (Å²) >= 11 is 0. The number of para-hydroxylation sites is 1. The van der Waals surface area contributed by atoms with Crippen molar-refractivity contribution in [3.63, 3.8) is 0 Å². The third kappa shape index (κ3) is 4.17. The quantitative estimate of drug-likeness (QED) is 0.215. The normalized spacial score (nSPS) is 13.5. The first-order valence-electron chi connectivity index (χ1n) is 11.4. The van der Waals surface area contributed by atoms with E-state index in [0.717, 1.165) is 18.7 Å². The molecule has 0 aliphatic carbocycles. The van der Waals surface area contributed by atoms with Crippen LogP contribution in [0.1, 0.15) is 44.6 Å². The average molecular weight is 443 g/mol. The third-order valence-corrected chi connectivity index (χ3v) is 11.3. The van der Waals surface area contributed by atoms with E-state index in [4.69, 9.17) is 9.41 Å². The molecule has 0 aliphatic rings. The van der Waals surface area contributed by atoms with Crippen molar-refractivity contribution >= 4 is 30.1 Å². The molecule has 4 rings (SSSR count). The Morgan fingerprint density at radius 3 is 2.38 bits per heavy atom. The van der Waals surface area contributed by atoms with E-state index in [1.807, 2.05) is 12.3 Å². The van der Waals surface area contributed by atoms with Gasteiger partial charge in [-0.05, 0) is 42.2 Å². The van der Waals surface area contributed by atoms with Crippen molar-refractivity contribution in [1.82, 2.24) is 9.55 Å². The summed E-state index contributed by atoms with van der Waals surface area (Å²) in [6, 6.07) is 21.4. The Hall–Kier alpha value is -2.69. The number of pyridine rings is 1. The first kappa shape index (κ1) is 22.5. The van der Waals surface area contributed by atoms with Crippen LogP contribution in [0.5, 0.6) is 0 Å². The molecule has 0 saturated carbocycles. The van der Waals surface area contributed by atoms with Gasteiger partial charge < -0.3 is 8.99 Å². The van der Waals surface area contributed by atoms with E-state index in [0.29, 0.717) is 0 Å². The lowest BCUT2D eigenvalue weighted by Crippen LogP contribution is -2.42. The zero-order valence-electron chi connectivity index (χ0n) is 19.9. The predicted molar refractivity (Wildman–Crippen MR) is 139 cm³/mol. The molecule has 2 heterocycles. The van der Waals surface area contributed by atoms with Crippen molar-refractivity contribution in [3.05, 3.63) is 90.8 Å². The molecule has 0 bridgehead atoms. The Labute approximate surface area is 192 Å². The van der Waals surface area contributed by atoms with Crippen LogP contribution in [0.2, 0.25) is 18.1 Å². The van der Waals surface area contributed by atoms with Crippen molar-refractivity contribution in [2.24, 2.45) is 0 Å². The van der Waals surface area contributed by atoms with Crippen molar-refractivity contribution in [2.75, 3.05) is 0 Å². The first-order valence-corrected chi connectivity index (χ1v) is 14.3. The fourth-order valence-electron chi connectivity index (χ4n) is 4.09. The van der Waals surface area contributed by atoms with Gasteiger partial charge in [-0.25, -0.2) is 0 Å². The van der Waals surface area contributed by atoms with Gasteiger partial charge in [-0.1, -0.05) is 75.4 Å². The number of aromatic nitrogens is 2. The largest absolute Gasteiger partial charge is 0.408 e. The van der Waals surface area contributed by atoms with Crippen LogP contribution in [0.25, 0.3) is 21.8 Å². The van der Waals surface area contributed by atoms with Gasteiger partial charge in [0, 0.05) is 29.0 Å². The molecule has 1 unspecified atom stereocenters. The summed E-state index contributed by atoms with van der Waals surface area (Å²) < 4.78 is 9.34. The van der Waals surface area contributed by atoms with Gasteiger partial charge in [-0.3, -0.25) is 4.98 Å². The molecule has 32 heavy (non-hydrogen) atoms. The smallest absolute Gasteiger partial charge is 0.193 e.